The van der Waals surface area contributed by atoms with Gasteiger partial charge in [-0.2, -0.15) is 0 Å². The van der Waals surface area contributed by atoms with Crippen molar-refractivity contribution in [2.45, 2.75) is 20.4 Å². The van der Waals surface area contributed by atoms with Crippen molar-refractivity contribution in [1.82, 2.24) is 0 Å². The zero-order valence-corrected chi connectivity index (χ0v) is 14.2. The van der Waals surface area contributed by atoms with Crippen molar-refractivity contribution in [3.8, 4) is 0 Å². The van der Waals surface area contributed by atoms with Crippen LogP contribution >= 0.6 is 49.9 Å². The quantitative estimate of drug-likeness (QED) is 0.659. The summed E-state index contributed by atoms with van der Waals surface area (Å²) in [7, 11) is 0. The standard InChI is InChI=1S/C13H13BrINS/c1-8-5-10(15)3-4-13(8)16-7-11-6-12(14)9(2)17-11/h3-6,16H,7H2,1-2H3. The molecule has 1 aromatic heterocycles. The van der Waals surface area contributed by atoms with E-state index in [2.05, 4.69) is 82.0 Å². The van der Waals surface area contributed by atoms with Gasteiger partial charge in [0.1, 0.15) is 0 Å². The topological polar surface area (TPSA) is 12.0 Å². The molecule has 0 aliphatic carbocycles. The van der Waals surface area contributed by atoms with Crippen molar-refractivity contribution in [2.24, 2.45) is 0 Å². The van der Waals surface area contributed by atoms with E-state index in [9.17, 15) is 0 Å². The van der Waals surface area contributed by atoms with Gasteiger partial charge in [-0.15, -0.1) is 11.3 Å². The largest absolute Gasteiger partial charge is 0.380 e. The molecule has 2 aromatic rings. The van der Waals surface area contributed by atoms with Gasteiger partial charge in [0.2, 0.25) is 0 Å². The van der Waals surface area contributed by atoms with Gasteiger partial charge in [0.05, 0.1) is 0 Å². The van der Waals surface area contributed by atoms with Crippen LogP contribution in [0.3, 0.4) is 0 Å². The van der Waals surface area contributed by atoms with E-state index in [1.165, 1.54) is 29.0 Å². The highest BCUT2D eigenvalue weighted by Crippen LogP contribution is 2.27. The molecule has 1 aromatic carbocycles. The SMILES string of the molecule is Cc1cc(I)ccc1NCc1cc(Br)c(C)s1. The van der Waals surface area contributed by atoms with Gasteiger partial charge in [0.25, 0.3) is 0 Å². The minimum atomic E-state index is 0.887. The molecule has 0 spiro atoms. The van der Waals surface area contributed by atoms with Crippen LogP contribution in [-0.2, 0) is 6.54 Å². The average molecular weight is 422 g/mol. The second-order valence-corrected chi connectivity index (χ2v) is 7.37. The van der Waals surface area contributed by atoms with Gasteiger partial charge in [-0.05, 0) is 82.2 Å². The molecule has 0 saturated heterocycles. The fourth-order valence-electron chi connectivity index (χ4n) is 1.61. The maximum Gasteiger partial charge on any atom is 0.0494 e. The number of aryl methyl sites for hydroxylation is 2. The minimum Gasteiger partial charge on any atom is -0.380 e. The van der Waals surface area contributed by atoms with Gasteiger partial charge < -0.3 is 5.32 Å². The molecule has 0 aliphatic heterocycles. The third kappa shape index (κ3) is 3.45. The summed E-state index contributed by atoms with van der Waals surface area (Å²) in [6, 6.07) is 8.66. The molecule has 1 N–H and O–H groups in total. The maximum absolute atomic E-state index is 3.55. The Bertz CT molecular complexity index is 517. The van der Waals surface area contributed by atoms with Crippen molar-refractivity contribution in [1.29, 1.82) is 0 Å². The smallest absolute Gasteiger partial charge is 0.0494 e. The lowest BCUT2D eigenvalue weighted by atomic mass is 10.2. The second kappa shape index (κ2) is 5.71. The summed E-state index contributed by atoms with van der Waals surface area (Å²) in [4.78, 5) is 2.69. The summed E-state index contributed by atoms with van der Waals surface area (Å²) in [6.07, 6.45) is 0. The Kier molecular flexibility index (Phi) is 4.49. The summed E-state index contributed by atoms with van der Waals surface area (Å²) >= 11 is 7.72. The summed E-state index contributed by atoms with van der Waals surface area (Å²) in [5.41, 5.74) is 2.51. The molecular weight excluding hydrogens is 409 g/mol. The predicted octanol–water partition coefficient (Wildman–Crippen LogP) is 5.34. The lowest BCUT2D eigenvalue weighted by Crippen LogP contribution is -1.99. The summed E-state index contributed by atoms with van der Waals surface area (Å²) in [5, 5.41) is 3.48. The number of nitrogens with one attached hydrogen (secondary N) is 1. The number of thiophene rings is 1. The number of hydrogen-bond donors (Lipinski definition) is 1. The van der Waals surface area contributed by atoms with E-state index in [1.807, 2.05) is 11.3 Å². The first kappa shape index (κ1) is 13.4. The van der Waals surface area contributed by atoms with Crippen LogP contribution in [0.5, 0.6) is 0 Å². The van der Waals surface area contributed by atoms with Crippen LogP contribution in [-0.4, -0.2) is 0 Å². The molecule has 0 atom stereocenters. The van der Waals surface area contributed by atoms with E-state index < -0.39 is 0 Å². The third-order valence-corrected chi connectivity index (χ3v) is 5.36. The van der Waals surface area contributed by atoms with Gasteiger partial charge in [0, 0.05) is 30.0 Å². The fraction of sp³-hybridized carbons (Fsp3) is 0.231. The van der Waals surface area contributed by atoms with Crippen LogP contribution in [0.1, 0.15) is 15.3 Å². The molecular formula is C13H13BrINS. The normalized spacial score (nSPS) is 10.6. The Hall–Kier alpha value is -0.0700. The molecule has 90 valence electrons. The van der Waals surface area contributed by atoms with E-state index in [0.29, 0.717) is 0 Å². The number of rotatable bonds is 3. The summed E-state index contributed by atoms with van der Waals surface area (Å²) < 4.78 is 2.49. The van der Waals surface area contributed by atoms with E-state index in [0.717, 1.165) is 6.54 Å². The molecule has 0 radical (unpaired) electrons. The van der Waals surface area contributed by atoms with Crippen LogP contribution in [0.15, 0.2) is 28.7 Å². The minimum absolute atomic E-state index is 0.887. The molecule has 1 nitrogen and oxygen atoms in total. The number of hydrogen-bond acceptors (Lipinski definition) is 2. The molecule has 0 bridgehead atoms. The van der Waals surface area contributed by atoms with Crippen molar-refractivity contribution in [3.63, 3.8) is 0 Å². The van der Waals surface area contributed by atoms with E-state index >= 15 is 0 Å². The third-order valence-electron chi connectivity index (χ3n) is 2.55. The highest BCUT2D eigenvalue weighted by molar-refractivity contribution is 14.1. The molecule has 17 heavy (non-hydrogen) atoms. The number of benzene rings is 1. The monoisotopic (exact) mass is 421 g/mol. The van der Waals surface area contributed by atoms with Crippen molar-refractivity contribution in [3.05, 3.63) is 47.6 Å². The van der Waals surface area contributed by atoms with Crippen molar-refractivity contribution in [2.75, 3.05) is 5.32 Å². The van der Waals surface area contributed by atoms with E-state index in [4.69, 9.17) is 0 Å². The van der Waals surface area contributed by atoms with Crippen LogP contribution in [0.2, 0.25) is 0 Å². The average Bonchev–Trinajstić information content (AvgIpc) is 2.57. The number of halogens is 2. The van der Waals surface area contributed by atoms with Gasteiger partial charge in [-0.25, -0.2) is 0 Å². The molecule has 1 heterocycles. The van der Waals surface area contributed by atoms with Gasteiger partial charge >= 0.3 is 0 Å². The zero-order chi connectivity index (χ0) is 12.4. The van der Waals surface area contributed by atoms with Crippen molar-refractivity contribution >= 4 is 55.5 Å². The molecule has 0 aliphatic rings. The molecule has 4 heteroatoms. The number of anilines is 1. The molecule has 0 saturated carbocycles. The fourth-order valence-corrected chi connectivity index (χ4v) is 3.80. The lowest BCUT2D eigenvalue weighted by molar-refractivity contribution is 1.18. The maximum atomic E-state index is 3.55. The first-order chi connectivity index (χ1) is 8.06. The van der Waals surface area contributed by atoms with E-state index in [-0.39, 0.29) is 0 Å². The first-order valence-electron chi connectivity index (χ1n) is 5.31. The van der Waals surface area contributed by atoms with Crippen LogP contribution in [0.4, 0.5) is 5.69 Å². The highest BCUT2D eigenvalue weighted by atomic mass is 127. The Morgan fingerprint density at radius 1 is 1.29 bits per heavy atom. The summed E-state index contributed by atoms with van der Waals surface area (Å²) in [6.45, 7) is 5.16. The van der Waals surface area contributed by atoms with Crippen LogP contribution in [0, 0.1) is 17.4 Å². The Morgan fingerprint density at radius 2 is 2.06 bits per heavy atom. The van der Waals surface area contributed by atoms with Crippen LogP contribution in [0.25, 0.3) is 0 Å². The lowest BCUT2D eigenvalue weighted by Gasteiger charge is -2.08. The highest BCUT2D eigenvalue weighted by Gasteiger charge is 2.03. The van der Waals surface area contributed by atoms with Gasteiger partial charge in [0.15, 0.2) is 0 Å². The van der Waals surface area contributed by atoms with E-state index in [1.54, 1.807) is 0 Å². The zero-order valence-electron chi connectivity index (χ0n) is 9.68. The first-order valence-corrected chi connectivity index (χ1v) is 8.00. The van der Waals surface area contributed by atoms with Gasteiger partial charge in [-0.3, -0.25) is 0 Å². The second-order valence-electron chi connectivity index (χ2n) is 3.93. The van der Waals surface area contributed by atoms with Crippen LogP contribution < -0.4 is 5.32 Å². The Balaban J connectivity index is 2.07. The predicted molar refractivity (Wildman–Crippen MR) is 88.0 cm³/mol. The Morgan fingerprint density at radius 3 is 2.65 bits per heavy atom. The summed E-state index contributed by atoms with van der Waals surface area (Å²) in [5.74, 6) is 0. The molecule has 0 unspecified atom stereocenters. The van der Waals surface area contributed by atoms with Gasteiger partial charge in [-0.1, -0.05) is 0 Å². The molecule has 2 rings (SSSR count). The Labute approximate surface area is 128 Å². The molecule has 0 amide bonds. The van der Waals surface area contributed by atoms with Crippen molar-refractivity contribution < 1.29 is 0 Å². The molecule has 0 fully saturated rings.